The topological polar surface area (TPSA) is 75.6 Å². The van der Waals surface area contributed by atoms with E-state index < -0.39 is 22.2 Å². The molecule has 1 aromatic carbocycles. The predicted molar refractivity (Wildman–Crippen MR) is 66.7 cm³/mol. The molecule has 5 nitrogen and oxygen atoms in total. The van der Waals surface area contributed by atoms with Gasteiger partial charge >= 0.3 is 0 Å². The molecule has 0 aromatic heterocycles. The molecule has 0 amide bonds. The van der Waals surface area contributed by atoms with Gasteiger partial charge in [0.2, 0.25) is 10.0 Å². The van der Waals surface area contributed by atoms with E-state index in [1.807, 2.05) is 6.92 Å². The molecule has 6 heteroatoms. The number of rotatable bonds is 3. The van der Waals surface area contributed by atoms with Crippen LogP contribution < -0.4 is 4.72 Å². The monoisotopic (exact) mass is 271 g/mol. The third-order valence-corrected chi connectivity index (χ3v) is 4.46. The second-order valence-corrected chi connectivity index (χ2v) is 6.19. The van der Waals surface area contributed by atoms with Crippen LogP contribution in [0.25, 0.3) is 0 Å². The van der Waals surface area contributed by atoms with Crippen molar-refractivity contribution in [3.63, 3.8) is 0 Å². The Hall–Kier alpha value is -0.950. The lowest BCUT2D eigenvalue weighted by atomic mass is 10.1. The molecule has 0 unspecified atom stereocenters. The minimum atomic E-state index is -3.60. The second kappa shape index (κ2) is 5.36. The zero-order chi connectivity index (χ0) is 13.2. The number of aliphatic hydroxyl groups excluding tert-OH is 1. The molecule has 0 spiro atoms. The highest BCUT2D eigenvalue weighted by Gasteiger charge is 2.28. The van der Waals surface area contributed by atoms with Gasteiger partial charge in [0.05, 0.1) is 23.6 Å². The van der Waals surface area contributed by atoms with Gasteiger partial charge in [0.25, 0.3) is 0 Å². The third-order valence-electron chi connectivity index (χ3n) is 2.96. The number of ether oxygens (including phenoxy) is 1. The van der Waals surface area contributed by atoms with Gasteiger partial charge in [-0.15, -0.1) is 0 Å². The fourth-order valence-corrected chi connectivity index (χ4v) is 3.08. The molecule has 18 heavy (non-hydrogen) atoms. The molecular formula is C12H17NO4S. The van der Waals surface area contributed by atoms with Crippen LogP contribution in [0, 0.1) is 6.92 Å². The van der Waals surface area contributed by atoms with Crippen LogP contribution in [0.2, 0.25) is 0 Å². The lowest BCUT2D eigenvalue weighted by Gasteiger charge is -2.28. The molecule has 1 aliphatic rings. The van der Waals surface area contributed by atoms with Gasteiger partial charge in [-0.2, -0.15) is 0 Å². The van der Waals surface area contributed by atoms with Crippen LogP contribution in [0.3, 0.4) is 0 Å². The van der Waals surface area contributed by atoms with E-state index in [1.165, 1.54) is 0 Å². The highest BCUT2D eigenvalue weighted by molar-refractivity contribution is 7.89. The number of benzene rings is 1. The first-order chi connectivity index (χ1) is 8.49. The summed E-state index contributed by atoms with van der Waals surface area (Å²) in [5.41, 5.74) is 0.995. The Morgan fingerprint density at radius 2 is 2.00 bits per heavy atom. The van der Waals surface area contributed by atoms with E-state index in [9.17, 15) is 13.5 Å². The smallest absolute Gasteiger partial charge is 0.240 e. The summed E-state index contributed by atoms with van der Waals surface area (Å²) >= 11 is 0. The van der Waals surface area contributed by atoms with E-state index in [2.05, 4.69) is 4.72 Å². The van der Waals surface area contributed by atoms with Crippen molar-refractivity contribution in [1.29, 1.82) is 0 Å². The molecule has 1 aromatic rings. The molecule has 100 valence electrons. The maximum absolute atomic E-state index is 12.1. The minimum absolute atomic E-state index is 0.200. The molecule has 0 bridgehead atoms. The summed E-state index contributed by atoms with van der Waals surface area (Å²) in [5.74, 6) is 0. The van der Waals surface area contributed by atoms with E-state index in [4.69, 9.17) is 4.74 Å². The Kier molecular flexibility index (Phi) is 4.01. The Morgan fingerprint density at radius 1 is 1.33 bits per heavy atom. The van der Waals surface area contributed by atoms with E-state index in [1.54, 1.807) is 24.3 Å². The number of aliphatic hydroxyl groups is 1. The molecular weight excluding hydrogens is 254 g/mol. The first-order valence-electron chi connectivity index (χ1n) is 5.84. The van der Waals surface area contributed by atoms with Gasteiger partial charge in [0.1, 0.15) is 0 Å². The molecule has 0 aliphatic carbocycles. The van der Waals surface area contributed by atoms with Gasteiger partial charge in [0, 0.05) is 6.61 Å². The fraction of sp³-hybridized carbons (Fsp3) is 0.500. The lowest BCUT2D eigenvalue weighted by molar-refractivity contribution is -0.00841. The van der Waals surface area contributed by atoms with Crippen LogP contribution in [-0.2, 0) is 14.8 Å². The van der Waals surface area contributed by atoms with Gasteiger partial charge in [-0.25, -0.2) is 13.1 Å². The Bertz CT molecular complexity index is 497. The summed E-state index contributed by atoms with van der Waals surface area (Å²) in [4.78, 5) is 0.200. The molecule has 1 heterocycles. The third kappa shape index (κ3) is 3.08. The van der Waals surface area contributed by atoms with Crippen molar-refractivity contribution < 1.29 is 18.3 Å². The van der Waals surface area contributed by atoms with Crippen LogP contribution >= 0.6 is 0 Å². The first-order valence-corrected chi connectivity index (χ1v) is 7.32. The molecule has 2 N–H and O–H groups in total. The minimum Gasteiger partial charge on any atom is -0.391 e. The largest absolute Gasteiger partial charge is 0.391 e. The van der Waals surface area contributed by atoms with Crippen LogP contribution in [0.1, 0.15) is 12.0 Å². The molecule has 1 fully saturated rings. The van der Waals surface area contributed by atoms with Crippen molar-refractivity contribution in [2.75, 3.05) is 13.2 Å². The molecule has 2 rings (SSSR count). The standard InChI is InChI=1S/C12H17NO4S/c1-9-2-4-10(5-3-9)18(15,16)13-11-8-17-7-6-12(11)14/h2-5,11-14H,6-8H2,1H3/t11-,12-/m1/s1. The average molecular weight is 271 g/mol. The van der Waals surface area contributed by atoms with Crippen LogP contribution in [0.15, 0.2) is 29.2 Å². The predicted octanol–water partition coefficient (Wildman–Crippen LogP) is 0.423. The van der Waals surface area contributed by atoms with E-state index in [0.717, 1.165) is 5.56 Å². The fourth-order valence-electron chi connectivity index (χ4n) is 1.82. The summed E-state index contributed by atoms with van der Waals surface area (Å²) in [7, 11) is -3.60. The number of sulfonamides is 1. The SMILES string of the molecule is Cc1ccc(S(=O)(=O)N[C@@H]2COCC[C@H]2O)cc1. The zero-order valence-electron chi connectivity index (χ0n) is 10.2. The zero-order valence-corrected chi connectivity index (χ0v) is 11.0. The summed E-state index contributed by atoms with van der Waals surface area (Å²) in [6, 6.07) is 6.00. The Balaban J connectivity index is 2.13. The van der Waals surface area contributed by atoms with E-state index in [-0.39, 0.29) is 11.5 Å². The van der Waals surface area contributed by atoms with Crippen molar-refractivity contribution in [3.8, 4) is 0 Å². The lowest BCUT2D eigenvalue weighted by Crippen LogP contribution is -2.49. The Labute approximate surface area is 107 Å². The number of hydrogen-bond acceptors (Lipinski definition) is 4. The van der Waals surface area contributed by atoms with Gasteiger partial charge in [-0.3, -0.25) is 0 Å². The number of hydrogen-bond donors (Lipinski definition) is 2. The van der Waals surface area contributed by atoms with Crippen molar-refractivity contribution >= 4 is 10.0 Å². The summed E-state index contributed by atoms with van der Waals surface area (Å²) < 4.78 is 31.8. The maximum Gasteiger partial charge on any atom is 0.240 e. The molecule has 0 saturated carbocycles. The van der Waals surface area contributed by atoms with Crippen LogP contribution in [0.5, 0.6) is 0 Å². The number of aryl methyl sites for hydroxylation is 1. The highest BCUT2D eigenvalue weighted by Crippen LogP contribution is 2.14. The van der Waals surface area contributed by atoms with Gasteiger partial charge in [0.15, 0.2) is 0 Å². The van der Waals surface area contributed by atoms with Gasteiger partial charge in [-0.1, -0.05) is 17.7 Å². The van der Waals surface area contributed by atoms with Crippen molar-refractivity contribution in [3.05, 3.63) is 29.8 Å². The quantitative estimate of drug-likeness (QED) is 0.835. The number of nitrogens with one attached hydrogen (secondary N) is 1. The van der Waals surface area contributed by atoms with Gasteiger partial charge in [-0.05, 0) is 25.5 Å². The molecule has 0 radical (unpaired) electrons. The summed E-state index contributed by atoms with van der Waals surface area (Å²) in [6.07, 6.45) is -0.250. The van der Waals surface area contributed by atoms with Crippen LogP contribution in [0.4, 0.5) is 0 Å². The van der Waals surface area contributed by atoms with Crippen LogP contribution in [-0.4, -0.2) is 38.9 Å². The summed E-state index contributed by atoms with van der Waals surface area (Å²) in [6.45, 7) is 2.55. The first kappa shape index (κ1) is 13.5. The maximum atomic E-state index is 12.1. The molecule has 1 saturated heterocycles. The average Bonchev–Trinajstić information content (AvgIpc) is 2.32. The summed E-state index contributed by atoms with van der Waals surface area (Å²) in [5, 5.41) is 9.72. The Morgan fingerprint density at radius 3 is 2.61 bits per heavy atom. The van der Waals surface area contributed by atoms with Crippen molar-refractivity contribution in [2.45, 2.75) is 30.4 Å². The molecule has 1 aliphatic heterocycles. The van der Waals surface area contributed by atoms with Crippen molar-refractivity contribution in [2.24, 2.45) is 0 Å². The van der Waals surface area contributed by atoms with E-state index in [0.29, 0.717) is 13.0 Å². The van der Waals surface area contributed by atoms with E-state index >= 15 is 0 Å². The van der Waals surface area contributed by atoms with Gasteiger partial charge < -0.3 is 9.84 Å². The normalized spacial score (nSPS) is 25.0. The second-order valence-electron chi connectivity index (χ2n) is 4.47. The highest BCUT2D eigenvalue weighted by atomic mass is 32.2. The molecule has 2 atom stereocenters. The van der Waals surface area contributed by atoms with Crippen molar-refractivity contribution in [1.82, 2.24) is 4.72 Å².